The van der Waals surface area contributed by atoms with E-state index >= 15 is 0 Å². The third-order valence-electron chi connectivity index (χ3n) is 4.37. The van der Waals surface area contributed by atoms with Gasteiger partial charge in [-0.15, -0.1) is 0 Å². The second-order valence-corrected chi connectivity index (χ2v) is 5.86. The first-order valence-corrected chi connectivity index (χ1v) is 7.46. The molecule has 1 aliphatic heterocycles. The number of phenolic OH excluding ortho intramolecular Hbond substituents is 1. The average molecular weight is 291 g/mol. The molecule has 1 saturated carbocycles. The Bertz CT molecular complexity index is 527. The molecule has 0 bridgehead atoms. The lowest BCUT2D eigenvalue weighted by Gasteiger charge is -2.35. The minimum absolute atomic E-state index is 0.138. The minimum Gasteiger partial charge on any atom is -0.508 e. The van der Waals surface area contributed by atoms with E-state index in [-0.39, 0.29) is 17.7 Å². The summed E-state index contributed by atoms with van der Waals surface area (Å²) in [4.78, 5) is 12.2. The van der Waals surface area contributed by atoms with Crippen LogP contribution in [0.5, 0.6) is 5.75 Å². The molecule has 5 nitrogen and oxygen atoms in total. The van der Waals surface area contributed by atoms with E-state index in [4.69, 9.17) is 9.47 Å². The predicted octanol–water partition coefficient (Wildman–Crippen LogP) is 2.12. The van der Waals surface area contributed by atoms with Crippen LogP contribution in [0.1, 0.15) is 41.6 Å². The smallest absolute Gasteiger partial charge is 0.251 e. The lowest BCUT2D eigenvalue weighted by molar-refractivity contribution is -0.179. The molecule has 5 heteroatoms. The Kier molecular flexibility index (Phi) is 3.87. The van der Waals surface area contributed by atoms with E-state index in [1.165, 1.54) is 6.07 Å². The monoisotopic (exact) mass is 291 g/mol. The standard InChI is InChI=1S/C16H21NO4/c1-11-2-3-12(10-14(11)18)15(19)17-13-4-6-16(7-5-13)20-8-9-21-16/h2-3,10,13,18H,4-9H2,1H3,(H,17,19). The molecule has 2 N–H and O–H groups in total. The van der Waals surface area contributed by atoms with Crippen molar-refractivity contribution in [3.05, 3.63) is 29.3 Å². The van der Waals surface area contributed by atoms with Crippen LogP contribution in [-0.2, 0) is 9.47 Å². The van der Waals surface area contributed by atoms with Gasteiger partial charge in [0, 0.05) is 24.4 Å². The molecule has 1 saturated heterocycles. The number of rotatable bonds is 2. The summed E-state index contributed by atoms with van der Waals surface area (Å²) in [6.45, 7) is 3.14. The fraction of sp³-hybridized carbons (Fsp3) is 0.562. The van der Waals surface area contributed by atoms with E-state index < -0.39 is 5.79 Å². The predicted molar refractivity (Wildman–Crippen MR) is 77.2 cm³/mol. The van der Waals surface area contributed by atoms with Crippen molar-refractivity contribution in [2.24, 2.45) is 0 Å². The number of hydrogen-bond donors (Lipinski definition) is 2. The zero-order chi connectivity index (χ0) is 14.9. The molecule has 2 aliphatic rings. The van der Waals surface area contributed by atoms with Crippen LogP contribution in [0.25, 0.3) is 0 Å². The summed E-state index contributed by atoms with van der Waals surface area (Å²) >= 11 is 0. The third-order valence-corrected chi connectivity index (χ3v) is 4.37. The van der Waals surface area contributed by atoms with Gasteiger partial charge in [-0.25, -0.2) is 0 Å². The Morgan fingerprint density at radius 1 is 1.29 bits per heavy atom. The number of phenols is 1. The molecule has 0 atom stereocenters. The average Bonchev–Trinajstić information content (AvgIpc) is 2.93. The molecule has 0 unspecified atom stereocenters. The SMILES string of the molecule is Cc1ccc(C(=O)NC2CCC3(CC2)OCCO3)cc1O. The number of benzene rings is 1. The van der Waals surface area contributed by atoms with Gasteiger partial charge in [0.1, 0.15) is 5.75 Å². The van der Waals surface area contributed by atoms with Gasteiger partial charge in [-0.05, 0) is 37.5 Å². The number of carbonyl (C=O) groups is 1. The number of carbonyl (C=O) groups excluding carboxylic acids is 1. The van der Waals surface area contributed by atoms with E-state index in [1.54, 1.807) is 19.1 Å². The fourth-order valence-corrected chi connectivity index (χ4v) is 3.01. The highest BCUT2D eigenvalue weighted by Gasteiger charge is 2.40. The maximum atomic E-state index is 12.2. The highest BCUT2D eigenvalue weighted by Crippen LogP contribution is 2.35. The van der Waals surface area contributed by atoms with Crippen molar-refractivity contribution in [1.82, 2.24) is 5.32 Å². The fourth-order valence-electron chi connectivity index (χ4n) is 3.01. The summed E-state index contributed by atoms with van der Waals surface area (Å²) in [7, 11) is 0. The number of aromatic hydroxyl groups is 1. The summed E-state index contributed by atoms with van der Waals surface area (Å²) in [5.74, 6) is -0.388. The second kappa shape index (κ2) is 5.66. The number of aryl methyl sites for hydroxylation is 1. The van der Waals surface area contributed by atoms with Crippen LogP contribution in [0.2, 0.25) is 0 Å². The molecule has 2 fully saturated rings. The van der Waals surface area contributed by atoms with Crippen molar-refractivity contribution in [1.29, 1.82) is 0 Å². The van der Waals surface area contributed by atoms with Gasteiger partial charge in [0.25, 0.3) is 5.91 Å². The van der Waals surface area contributed by atoms with Gasteiger partial charge in [0.15, 0.2) is 5.79 Å². The Balaban J connectivity index is 1.57. The van der Waals surface area contributed by atoms with Crippen molar-refractivity contribution in [2.45, 2.75) is 44.4 Å². The minimum atomic E-state index is -0.399. The molecule has 1 amide bonds. The van der Waals surface area contributed by atoms with E-state index in [2.05, 4.69) is 5.32 Å². The van der Waals surface area contributed by atoms with E-state index in [9.17, 15) is 9.90 Å². The first kappa shape index (κ1) is 14.4. The molecule has 1 aromatic carbocycles. The first-order chi connectivity index (χ1) is 10.1. The molecular weight excluding hydrogens is 270 g/mol. The van der Waals surface area contributed by atoms with Crippen LogP contribution in [0.15, 0.2) is 18.2 Å². The largest absolute Gasteiger partial charge is 0.508 e. The van der Waals surface area contributed by atoms with Crippen molar-refractivity contribution in [3.8, 4) is 5.75 Å². The topological polar surface area (TPSA) is 67.8 Å². The zero-order valence-electron chi connectivity index (χ0n) is 12.2. The highest BCUT2D eigenvalue weighted by molar-refractivity contribution is 5.94. The van der Waals surface area contributed by atoms with Gasteiger partial charge in [-0.1, -0.05) is 6.07 Å². The van der Waals surface area contributed by atoms with Crippen molar-refractivity contribution in [2.75, 3.05) is 13.2 Å². The molecule has 21 heavy (non-hydrogen) atoms. The van der Waals surface area contributed by atoms with Crippen LogP contribution in [0, 0.1) is 6.92 Å². The molecule has 3 rings (SSSR count). The Labute approximate surface area is 124 Å². The molecule has 1 spiro atoms. The van der Waals surface area contributed by atoms with Gasteiger partial charge in [-0.3, -0.25) is 4.79 Å². The van der Waals surface area contributed by atoms with Crippen molar-refractivity contribution < 1.29 is 19.4 Å². The summed E-state index contributed by atoms with van der Waals surface area (Å²) in [6.07, 6.45) is 3.33. The number of ether oxygens (including phenoxy) is 2. The normalized spacial score (nSPS) is 21.6. The Morgan fingerprint density at radius 2 is 1.95 bits per heavy atom. The highest BCUT2D eigenvalue weighted by atomic mass is 16.7. The number of hydrogen-bond acceptors (Lipinski definition) is 4. The number of amides is 1. The molecule has 0 radical (unpaired) electrons. The maximum Gasteiger partial charge on any atom is 0.251 e. The van der Waals surface area contributed by atoms with Gasteiger partial charge < -0.3 is 19.9 Å². The molecule has 0 aromatic heterocycles. The van der Waals surface area contributed by atoms with Crippen LogP contribution in [0.3, 0.4) is 0 Å². The van der Waals surface area contributed by atoms with Crippen molar-refractivity contribution >= 4 is 5.91 Å². The van der Waals surface area contributed by atoms with E-state index in [1.807, 2.05) is 0 Å². The molecular formula is C16H21NO4. The maximum absolute atomic E-state index is 12.2. The van der Waals surface area contributed by atoms with E-state index in [0.29, 0.717) is 18.8 Å². The van der Waals surface area contributed by atoms with Crippen LogP contribution < -0.4 is 5.32 Å². The van der Waals surface area contributed by atoms with E-state index in [0.717, 1.165) is 31.2 Å². The molecule has 1 aliphatic carbocycles. The first-order valence-electron chi connectivity index (χ1n) is 7.46. The quantitative estimate of drug-likeness (QED) is 0.876. The summed E-state index contributed by atoms with van der Waals surface area (Å²) in [5.41, 5.74) is 1.26. The second-order valence-electron chi connectivity index (χ2n) is 5.86. The third kappa shape index (κ3) is 3.04. The Hall–Kier alpha value is -1.59. The lowest BCUT2D eigenvalue weighted by atomic mass is 9.90. The van der Waals surface area contributed by atoms with Crippen LogP contribution in [0.4, 0.5) is 0 Å². The Morgan fingerprint density at radius 3 is 2.57 bits per heavy atom. The van der Waals surface area contributed by atoms with Gasteiger partial charge in [-0.2, -0.15) is 0 Å². The summed E-state index contributed by atoms with van der Waals surface area (Å²) in [6, 6.07) is 5.13. The molecule has 1 aromatic rings. The summed E-state index contributed by atoms with van der Waals surface area (Å²) < 4.78 is 11.4. The van der Waals surface area contributed by atoms with Gasteiger partial charge in [0.2, 0.25) is 0 Å². The van der Waals surface area contributed by atoms with Gasteiger partial charge in [0.05, 0.1) is 13.2 Å². The summed E-state index contributed by atoms with van der Waals surface area (Å²) in [5, 5.41) is 12.7. The van der Waals surface area contributed by atoms with Crippen LogP contribution in [-0.4, -0.2) is 36.1 Å². The number of nitrogens with one attached hydrogen (secondary N) is 1. The lowest BCUT2D eigenvalue weighted by Crippen LogP contribution is -2.44. The zero-order valence-corrected chi connectivity index (χ0v) is 12.2. The molecule has 1 heterocycles. The van der Waals surface area contributed by atoms with Crippen LogP contribution >= 0.6 is 0 Å². The van der Waals surface area contributed by atoms with Gasteiger partial charge >= 0.3 is 0 Å². The molecule has 114 valence electrons. The van der Waals surface area contributed by atoms with Crippen molar-refractivity contribution in [3.63, 3.8) is 0 Å².